The van der Waals surface area contributed by atoms with Crippen molar-refractivity contribution in [3.8, 4) is 12.0 Å². The molecule has 0 saturated heterocycles. The maximum absolute atomic E-state index is 13.1. The highest BCUT2D eigenvalue weighted by Crippen LogP contribution is 2.29. The number of nitrogens with zero attached hydrogens (tertiary/aromatic N) is 4. The van der Waals surface area contributed by atoms with Gasteiger partial charge in [-0.25, -0.2) is 8.78 Å². The molecule has 2 aromatic rings. The van der Waals surface area contributed by atoms with Crippen LogP contribution in [0.2, 0.25) is 0 Å². The molecule has 2 N–H and O–H groups in total. The zero-order valence-corrected chi connectivity index (χ0v) is 14.7. The molecule has 0 spiro atoms. The van der Waals surface area contributed by atoms with Crippen molar-refractivity contribution in [2.45, 2.75) is 24.9 Å². The van der Waals surface area contributed by atoms with E-state index in [0.717, 1.165) is 12.1 Å². The average Bonchev–Trinajstić information content (AvgIpc) is 2.66. The van der Waals surface area contributed by atoms with Crippen LogP contribution in [-0.4, -0.2) is 51.6 Å². The van der Waals surface area contributed by atoms with Gasteiger partial charge in [0.25, 0.3) is 0 Å². The Morgan fingerprint density at radius 2 is 1.68 bits per heavy atom. The van der Waals surface area contributed by atoms with Crippen LogP contribution in [0.1, 0.15) is 0 Å². The minimum absolute atomic E-state index is 0.0889. The summed E-state index contributed by atoms with van der Waals surface area (Å²) in [5.41, 5.74) is -0.415. The van der Waals surface area contributed by atoms with Crippen LogP contribution < -0.4 is 20.0 Å². The van der Waals surface area contributed by atoms with Crippen LogP contribution in [0.25, 0.3) is 0 Å². The first-order chi connectivity index (χ1) is 14.3. The average molecular weight is 464 g/mol. The molecule has 0 aliphatic carbocycles. The van der Waals surface area contributed by atoms with Crippen molar-refractivity contribution in [2.24, 2.45) is 0 Å². The summed E-state index contributed by atoms with van der Waals surface area (Å²) in [6.45, 7) is -2.00. The van der Waals surface area contributed by atoms with E-state index in [9.17, 15) is 40.3 Å². The quantitative estimate of drug-likeness (QED) is 0.400. The van der Waals surface area contributed by atoms with Crippen LogP contribution in [0.3, 0.4) is 0 Å². The molecule has 0 aliphatic heterocycles. The number of nitrogens with one attached hydrogen (secondary N) is 1. The fourth-order valence-electron chi connectivity index (χ4n) is 1.73. The number of halogens is 8. The van der Waals surface area contributed by atoms with Crippen molar-refractivity contribution in [3.63, 3.8) is 0 Å². The summed E-state index contributed by atoms with van der Waals surface area (Å²) >= 11 is 0. The molecule has 172 valence electrons. The lowest BCUT2D eigenvalue weighted by Gasteiger charge is -2.22. The van der Waals surface area contributed by atoms with Crippen molar-refractivity contribution in [3.05, 3.63) is 29.5 Å². The number of rotatable bonds is 10. The summed E-state index contributed by atoms with van der Waals surface area (Å²) in [6, 6.07) is 1.81. The third-order valence-corrected chi connectivity index (χ3v) is 3.11. The minimum atomic E-state index is -5.11. The zero-order chi connectivity index (χ0) is 23.4. The lowest BCUT2D eigenvalue weighted by molar-refractivity contribution is -0.256. The summed E-state index contributed by atoms with van der Waals surface area (Å²) in [5, 5.41) is 21.4. The first kappa shape index (κ1) is 24.1. The molecule has 2 rings (SSSR count). The zero-order valence-electron chi connectivity index (χ0n) is 14.7. The predicted octanol–water partition coefficient (Wildman–Crippen LogP) is 3.82. The molecular weight excluding hydrogens is 454 g/mol. The molecule has 9 nitrogen and oxygen atoms in total. The molecule has 1 aromatic carbocycles. The number of anilines is 3. The van der Waals surface area contributed by atoms with Gasteiger partial charge < -0.3 is 25.2 Å². The lowest BCUT2D eigenvalue weighted by atomic mass is 10.3. The molecule has 1 aromatic heterocycles. The summed E-state index contributed by atoms with van der Waals surface area (Å²) in [7, 11) is 0. The first-order valence-electron chi connectivity index (χ1n) is 7.73. The van der Waals surface area contributed by atoms with Gasteiger partial charge in [0.2, 0.25) is 5.95 Å². The van der Waals surface area contributed by atoms with Crippen LogP contribution >= 0.6 is 0 Å². The Labute approximate surface area is 166 Å². The fourth-order valence-corrected chi connectivity index (χ4v) is 1.73. The van der Waals surface area contributed by atoms with E-state index in [0.29, 0.717) is 0 Å². The Hall–Kier alpha value is -3.21. The van der Waals surface area contributed by atoms with E-state index in [2.05, 4.69) is 29.7 Å². The molecule has 0 radical (unpaired) electrons. The summed E-state index contributed by atoms with van der Waals surface area (Å²) < 4.78 is 109. The minimum Gasteiger partial charge on any atom is -0.733 e. The van der Waals surface area contributed by atoms with Gasteiger partial charge in [-0.2, -0.15) is 36.3 Å². The van der Waals surface area contributed by atoms with Gasteiger partial charge in [0.05, 0.1) is 5.69 Å². The maximum Gasteiger partial charge on any atom is 0.463 e. The second-order valence-corrected chi connectivity index (χ2v) is 5.49. The molecule has 31 heavy (non-hydrogen) atoms. The normalized spacial score (nSPS) is 12.3. The van der Waals surface area contributed by atoms with Crippen LogP contribution in [0.4, 0.5) is 52.4 Å². The topological polar surface area (TPSA) is 116 Å². The van der Waals surface area contributed by atoms with Crippen LogP contribution in [-0.2, 0) is 0 Å². The van der Waals surface area contributed by atoms with Gasteiger partial charge in [-0.1, -0.05) is 6.07 Å². The molecule has 0 unspecified atom stereocenters. The van der Waals surface area contributed by atoms with E-state index in [-0.39, 0.29) is 11.4 Å². The highest BCUT2D eigenvalue weighted by molar-refractivity contribution is 5.61. The molecule has 0 fully saturated rings. The van der Waals surface area contributed by atoms with E-state index >= 15 is 0 Å². The van der Waals surface area contributed by atoms with E-state index in [4.69, 9.17) is 5.21 Å². The van der Waals surface area contributed by atoms with Crippen LogP contribution in [0.5, 0.6) is 12.0 Å². The second-order valence-electron chi connectivity index (χ2n) is 5.49. The third kappa shape index (κ3) is 6.64. The monoisotopic (exact) mass is 464 g/mol. The van der Waals surface area contributed by atoms with Crippen LogP contribution in [0.15, 0.2) is 24.3 Å². The van der Waals surface area contributed by atoms with Gasteiger partial charge in [0.15, 0.2) is 6.61 Å². The molecule has 0 amide bonds. The summed E-state index contributed by atoms with van der Waals surface area (Å²) in [5.74, 6) is -5.49. The van der Waals surface area contributed by atoms with Crippen molar-refractivity contribution in [1.29, 1.82) is 0 Å². The summed E-state index contributed by atoms with van der Waals surface area (Å²) in [4.78, 5) is 9.51. The Morgan fingerprint density at radius 3 is 2.26 bits per heavy atom. The van der Waals surface area contributed by atoms with Crippen LogP contribution in [0, 0.1) is 5.21 Å². The smallest absolute Gasteiger partial charge is 0.463 e. The SMILES string of the molecule is [O-]N(O)c1cccc(Nc2nc(OCC(F)(F)C(F)F)nc(OC(F)(F)C(F)F)n2)c1. The predicted molar refractivity (Wildman–Crippen MR) is 85.2 cm³/mol. The van der Waals surface area contributed by atoms with Gasteiger partial charge in [0, 0.05) is 5.69 Å². The molecule has 0 atom stereocenters. The standard InChI is InChI=1S/C14H10F8N5O4/c15-8(16)13(19,20)5-30-11-24-10(23-6-2-1-3-7(4-6)27(28)29)25-12(26-11)31-14(21,22)9(17)18/h1-4,8-9,28H,5H2,(H,23,24,25,26)/q-1. The highest BCUT2D eigenvalue weighted by atomic mass is 19.3. The first-order valence-corrected chi connectivity index (χ1v) is 7.73. The second kappa shape index (κ2) is 9.29. The molecule has 1 heterocycles. The Balaban J connectivity index is 2.35. The number of hydrogen-bond acceptors (Lipinski definition) is 9. The number of alkyl halides is 8. The Kier molecular flexibility index (Phi) is 7.21. The molecule has 0 aliphatic rings. The van der Waals surface area contributed by atoms with Crippen molar-refractivity contribution in [1.82, 2.24) is 15.0 Å². The van der Waals surface area contributed by atoms with E-state index in [1.807, 2.05) is 0 Å². The highest BCUT2D eigenvalue weighted by Gasteiger charge is 2.45. The number of hydrogen-bond donors (Lipinski definition) is 2. The molecule has 0 bridgehead atoms. The number of aromatic nitrogens is 3. The van der Waals surface area contributed by atoms with E-state index < -0.39 is 54.7 Å². The van der Waals surface area contributed by atoms with Gasteiger partial charge in [-0.05, 0) is 18.2 Å². The molecule has 17 heteroatoms. The van der Waals surface area contributed by atoms with E-state index in [1.165, 1.54) is 12.1 Å². The van der Waals surface area contributed by atoms with Crippen molar-refractivity contribution < 1.29 is 49.8 Å². The summed E-state index contributed by atoms with van der Waals surface area (Å²) in [6.07, 6.45) is -13.6. The number of benzene rings is 1. The lowest BCUT2D eigenvalue weighted by Crippen LogP contribution is -2.35. The largest absolute Gasteiger partial charge is 0.733 e. The Bertz CT molecular complexity index is 890. The van der Waals surface area contributed by atoms with Gasteiger partial charge >= 0.3 is 36.9 Å². The van der Waals surface area contributed by atoms with E-state index in [1.54, 1.807) is 0 Å². The van der Waals surface area contributed by atoms with Gasteiger partial charge in [-0.3, -0.25) is 5.21 Å². The van der Waals surface area contributed by atoms with Gasteiger partial charge in [-0.15, -0.1) is 4.98 Å². The number of ether oxygens (including phenoxy) is 2. The van der Waals surface area contributed by atoms with Gasteiger partial charge in [0.1, 0.15) is 0 Å². The third-order valence-electron chi connectivity index (χ3n) is 3.11. The van der Waals surface area contributed by atoms with Crippen molar-refractivity contribution in [2.75, 3.05) is 17.2 Å². The molecule has 0 saturated carbocycles. The van der Waals surface area contributed by atoms with Crippen molar-refractivity contribution >= 4 is 17.3 Å². The maximum atomic E-state index is 13.1. The Morgan fingerprint density at radius 1 is 1.03 bits per heavy atom. The fraction of sp³-hybridized carbons (Fsp3) is 0.357. The molecular formula is C14H10F8N5O4-.